The second-order valence-electron chi connectivity index (χ2n) is 4.55. The third-order valence-electron chi connectivity index (χ3n) is 2.76. The van der Waals surface area contributed by atoms with Crippen molar-refractivity contribution in [1.82, 2.24) is 15.3 Å². The summed E-state index contributed by atoms with van der Waals surface area (Å²) >= 11 is 5.90. The van der Waals surface area contributed by atoms with Gasteiger partial charge in [0, 0.05) is 19.3 Å². The zero-order valence-corrected chi connectivity index (χ0v) is 12.9. The van der Waals surface area contributed by atoms with Gasteiger partial charge in [-0.1, -0.05) is 23.7 Å². The number of urea groups is 1. The van der Waals surface area contributed by atoms with E-state index in [2.05, 4.69) is 25.9 Å². The standard InChI is InChI=1S/C14H13ClF3N5O/c15-9-3-1-2-4-10(9)22-13(24)21-8-7-20-12-19-6-5-11(23-12)14(16,17)18/h1-6H,7-8H2,(H,19,20,23)(H2,21,22,24). The Kier molecular flexibility index (Phi) is 5.80. The van der Waals surface area contributed by atoms with Crippen LogP contribution in [0.3, 0.4) is 0 Å². The van der Waals surface area contributed by atoms with Crippen LogP contribution in [-0.2, 0) is 6.18 Å². The molecule has 0 aliphatic heterocycles. The summed E-state index contributed by atoms with van der Waals surface area (Å²) in [5, 5.41) is 8.06. The average Bonchev–Trinajstić information content (AvgIpc) is 2.53. The molecule has 0 aliphatic carbocycles. The number of nitrogens with one attached hydrogen (secondary N) is 3. The minimum Gasteiger partial charge on any atom is -0.352 e. The third-order valence-corrected chi connectivity index (χ3v) is 3.09. The molecule has 1 heterocycles. The maximum Gasteiger partial charge on any atom is 0.433 e. The highest BCUT2D eigenvalue weighted by atomic mass is 35.5. The predicted octanol–water partition coefficient (Wildman–Crippen LogP) is 3.38. The molecule has 1 aromatic carbocycles. The molecule has 128 valence electrons. The van der Waals surface area contributed by atoms with Crippen molar-refractivity contribution in [3.63, 3.8) is 0 Å². The Labute approximate surface area is 140 Å². The Bertz CT molecular complexity index is 711. The molecule has 0 radical (unpaired) electrons. The monoisotopic (exact) mass is 359 g/mol. The van der Waals surface area contributed by atoms with Gasteiger partial charge in [-0.15, -0.1) is 0 Å². The lowest BCUT2D eigenvalue weighted by Crippen LogP contribution is -2.33. The SMILES string of the molecule is O=C(NCCNc1nccc(C(F)(F)F)n1)Nc1ccccc1Cl. The van der Waals surface area contributed by atoms with Gasteiger partial charge in [0.2, 0.25) is 5.95 Å². The van der Waals surface area contributed by atoms with Gasteiger partial charge < -0.3 is 16.0 Å². The maximum absolute atomic E-state index is 12.5. The average molecular weight is 360 g/mol. The van der Waals surface area contributed by atoms with Gasteiger partial charge in [-0.05, 0) is 18.2 Å². The zero-order valence-electron chi connectivity index (χ0n) is 12.2. The molecular weight excluding hydrogens is 347 g/mol. The highest BCUT2D eigenvalue weighted by Crippen LogP contribution is 2.27. The molecule has 0 saturated heterocycles. The number of para-hydroxylation sites is 1. The Morgan fingerprint density at radius 2 is 1.92 bits per heavy atom. The first-order valence-electron chi connectivity index (χ1n) is 6.80. The second kappa shape index (κ2) is 7.82. The largest absolute Gasteiger partial charge is 0.433 e. The summed E-state index contributed by atoms with van der Waals surface area (Å²) in [4.78, 5) is 18.7. The molecule has 0 unspecified atom stereocenters. The fourth-order valence-corrected chi connectivity index (χ4v) is 1.86. The third kappa shape index (κ3) is 5.27. The van der Waals surface area contributed by atoms with Crippen LogP contribution in [-0.4, -0.2) is 29.1 Å². The molecule has 2 amide bonds. The van der Waals surface area contributed by atoms with E-state index >= 15 is 0 Å². The molecule has 1 aromatic heterocycles. The number of hydrogen-bond acceptors (Lipinski definition) is 4. The molecule has 0 aliphatic rings. The van der Waals surface area contributed by atoms with Crippen molar-refractivity contribution in [3.05, 3.63) is 47.2 Å². The first kappa shape index (κ1) is 17.8. The van der Waals surface area contributed by atoms with Crippen LogP contribution in [0, 0.1) is 0 Å². The summed E-state index contributed by atoms with van der Waals surface area (Å²) in [6, 6.07) is 6.99. The van der Waals surface area contributed by atoms with Crippen LogP contribution in [0.25, 0.3) is 0 Å². The number of carbonyl (C=O) groups is 1. The van der Waals surface area contributed by atoms with Crippen LogP contribution in [0.2, 0.25) is 5.02 Å². The molecule has 0 bridgehead atoms. The highest BCUT2D eigenvalue weighted by molar-refractivity contribution is 6.33. The van der Waals surface area contributed by atoms with Crippen molar-refractivity contribution >= 4 is 29.3 Å². The van der Waals surface area contributed by atoms with Gasteiger partial charge in [0.25, 0.3) is 0 Å². The van der Waals surface area contributed by atoms with E-state index < -0.39 is 17.9 Å². The maximum atomic E-state index is 12.5. The summed E-state index contributed by atoms with van der Waals surface area (Å²) in [6.45, 7) is 0.299. The van der Waals surface area contributed by atoms with E-state index in [0.29, 0.717) is 10.7 Å². The Balaban J connectivity index is 1.77. The summed E-state index contributed by atoms with van der Waals surface area (Å²) in [5.74, 6) is -0.168. The number of anilines is 2. The number of amides is 2. The fourth-order valence-electron chi connectivity index (χ4n) is 1.68. The van der Waals surface area contributed by atoms with Gasteiger partial charge in [-0.2, -0.15) is 13.2 Å². The fraction of sp³-hybridized carbons (Fsp3) is 0.214. The van der Waals surface area contributed by atoms with Crippen molar-refractivity contribution in [2.45, 2.75) is 6.18 Å². The molecule has 3 N–H and O–H groups in total. The number of aromatic nitrogens is 2. The minimum absolute atomic E-state index is 0.149. The van der Waals surface area contributed by atoms with Gasteiger partial charge >= 0.3 is 12.2 Å². The summed E-state index contributed by atoms with van der Waals surface area (Å²) in [5.41, 5.74) is -0.588. The molecular formula is C14H13ClF3N5O. The first-order valence-corrected chi connectivity index (χ1v) is 7.17. The van der Waals surface area contributed by atoms with E-state index in [4.69, 9.17) is 11.6 Å². The van der Waals surface area contributed by atoms with E-state index in [1.165, 1.54) is 0 Å². The molecule has 0 fully saturated rings. The number of hydrogen-bond donors (Lipinski definition) is 3. The Hall–Kier alpha value is -2.55. The van der Waals surface area contributed by atoms with E-state index in [0.717, 1.165) is 12.3 Å². The quantitative estimate of drug-likeness (QED) is 0.715. The van der Waals surface area contributed by atoms with Crippen LogP contribution in [0.15, 0.2) is 36.5 Å². The molecule has 24 heavy (non-hydrogen) atoms. The number of benzene rings is 1. The van der Waals surface area contributed by atoms with Gasteiger partial charge in [-0.25, -0.2) is 14.8 Å². The predicted molar refractivity (Wildman–Crippen MR) is 84.0 cm³/mol. The molecule has 0 saturated carbocycles. The van der Waals surface area contributed by atoms with E-state index in [1.807, 2.05) is 0 Å². The van der Waals surface area contributed by atoms with Crippen molar-refractivity contribution in [3.8, 4) is 0 Å². The highest BCUT2D eigenvalue weighted by Gasteiger charge is 2.32. The molecule has 2 aromatic rings. The van der Waals surface area contributed by atoms with Crippen molar-refractivity contribution < 1.29 is 18.0 Å². The molecule has 6 nitrogen and oxygen atoms in total. The molecule has 2 rings (SSSR count). The Morgan fingerprint density at radius 3 is 2.62 bits per heavy atom. The zero-order chi connectivity index (χ0) is 17.6. The van der Waals surface area contributed by atoms with Crippen LogP contribution < -0.4 is 16.0 Å². The lowest BCUT2D eigenvalue weighted by molar-refractivity contribution is -0.141. The number of carbonyl (C=O) groups excluding carboxylic acids is 1. The molecule has 0 spiro atoms. The summed E-state index contributed by atoms with van der Waals surface area (Å²) in [6.07, 6.45) is -3.53. The van der Waals surface area contributed by atoms with Crippen LogP contribution in [0.1, 0.15) is 5.69 Å². The number of nitrogens with zero attached hydrogens (tertiary/aromatic N) is 2. The van der Waals surface area contributed by atoms with Gasteiger partial charge in [0.15, 0.2) is 0 Å². The smallest absolute Gasteiger partial charge is 0.352 e. The van der Waals surface area contributed by atoms with E-state index in [1.54, 1.807) is 24.3 Å². The lowest BCUT2D eigenvalue weighted by atomic mass is 10.3. The van der Waals surface area contributed by atoms with Gasteiger partial charge in [-0.3, -0.25) is 0 Å². The number of rotatable bonds is 5. The van der Waals surface area contributed by atoms with Gasteiger partial charge in [0.1, 0.15) is 5.69 Å². The normalized spacial score (nSPS) is 11.0. The topological polar surface area (TPSA) is 78.9 Å². The van der Waals surface area contributed by atoms with Crippen LogP contribution in [0.5, 0.6) is 0 Å². The summed E-state index contributed by atoms with van der Waals surface area (Å²) < 4.78 is 37.5. The van der Waals surface area contributed by atoms with Crippen molar-refractivity contribution in [1.29, 1.82) is 0 Å². The van der Waals surface area contributed by atoms with Crippen molar-refractivity contribution in [2.24, 2.45) is 0 Å². The van der Waals surface area contributed by atoms with Crippen LogP contribution in [0.4, 0.5) is 29.6 Å². The van der Waals surface area contributed by atoms with Gasteiger partial charge in [0.05, 0.1) is 10.7 Å². The van der Waals surface area contributed by atoms with E-state index in [-0.39, 0.29) is 19.0 Å². The number of alkyl halides is 3. The Morgan fingerprint density at radius 1 is 1.17 bits per heavy atom. The summed E-state index contributed by atoms with van der Waals surface area (Å²) in [7, 11) is 0. The number of halogens is 4. The molecule has 0 atom stereocenters. The molecule has 10 heteroatoms. The first-order chi connectivity index (χ1) is 11.4. The minimum atomic E-state index is -4.54. The van der Waals surface area contributed by atoms with Crippen LogP contribution >= 0.6 is 11.6 Å². The lowest BCUT2D eigenvalue weighted by Gasteiger charge is -2.10. The van der Waals surface area contributed by atoms with Crippen molar-refractivity contribution in [2.75, 3.05) is 23.7 Å². The van der Waals surface area contributed by atoms with E-state index in [9.17, 15) is 18.0 Å². The second-order valence-corrected chi connectivity index (χ2v) is 4.96.